The molecule has 6 rings (SSSR count). The van der Waals surface area contributed by atoms with Crippen LogP contribution in [0.4, 0.5) is 14.5 Å². The van der Waals surface area contributed by atoms with E-state index in [4.69, 9.17) is 0 Å². The topological polar surface area (TPSA) is 80.1 Å². The lowest BCUT2D eigenvalue weighted by atomic mass is 9.89. The molecule has 2 aliphatic rings. The Hall–Kier alpha value is -4.14. The highest BCUT2D eigenvalue weighted by atomic mass is 19.3. The summed E-state index contributed by atoms with van der Waals surface area (Å²) in [7, 11) is 0. The second-order valence-corrected chi connectivity index (χ2v) is 10.3. The predicted molar refractivity (Wildman–Crippen MR) is 144 cm³/mol. The number of nitrogens with zero attached hydrogens (tertiary/aromatic N) is 4. The third-order valence-corrected chi connectivity index (χ3v) is 7.71. The molecular formula is C30H29F2N5O2. The fourth-order valence-corrected chi connectivity index (χ4v) is 5.43. The Bertz CT molecular complexity index is 1520. The minimum Gasteiger partial charge on any atom is -0.341 e. The molecule has 200 valence electrons. The number of anilines is 1. The molecule has 1 N–H and O–H groups in total. The van der Waals surface area contributed by atoms with Crippen LogP contribution in [0.3, 0.4) is 0 Å². The number of benzene rings is 2. The van der Waals surface area contributed by atoms with Crippen molar-refractivity contribution in [3.05, 3.63) is 89.5 Å². The summed E-state index contributed by atoms with van der Waals surface area (Å²) in [5.74, 6) is 0.0411. The van der Waals surface area contributed by atoms with Gasteiger partial charge in [0.2, 0.25) is 5.91 Å². The minimum absolute atomic E-state index is 0.0169. The van der Waals surface area contributed by atoms with Crippen molar-refractivity contribution in [3.63, 3.8) is 0 Å². The van der Waals surface area contributed by atoms with E-state index >= 15 is 0 Å². The van der Waals surface area contributed by atoms with Gasteiger partial charge in [-0.1, -0.05) is 36.4 Å². The summed E-state index contributed by atoms with van der Waals surface area (Å²) in [5.41, 5.74) is 2.57. The van der Waals surface area contributed by atoms with Crippen LogP contribution >= 0.6 is 0 Å². The molecule has 1 saturated heterocycles. The van der Waals surface area contributed by atoms with E-state index in [1.807, 2.05) is 54.6 Å². The molecule has 2 amide bonds. The number of piperidine rings is 1. The fraction of sp³-hybridized carbons (Fsp3) is 0.333. The molecule has 7 nitrogen and oxygen atoms in total. The minimum atomic E-state index is -2.64. The number of halogens is 2. The van der Waals surface area contributed by atoms with Gasteiger partial charge in [-0.05, 0) is 66.8 Å². The van der Waals surface area contributed by atoms with Crippen molar-refractivity contribution in [1.82, 2.24) is 19.7 Å². The third-order valence-electron chi connectivity index (χ3n) is 7.71. The molecule has 39 heavy (non-hydrogen) atoms. The van der Waals surface area contributed by atoms with Crippen molar-refractivity contribution in [2.45, 2.75) is 50.5 Å². The number of hydrogen-bond acceptors (Lipinski definition) is 4. The summed E-state index contributed by atoms with van der Waals surface area (Å²) >= 11 is 0. The molecule has 0 atom stereocenters. The first-order chi connectivity index (χ1) is 19.0. The number of nitrogens with one attached hydrogen (secondary N) is 1. The Labute approximate surface area is 224 Å². The number of alkyl halides is 2. The van der Waals surface area contributed by atoms with Crippen LogP contribution < -0.4 is 5.32 Å². The van der Waals surface area contributed by atoms with Gasteiger partial charge in [-0.2, -0.15) is 5.10 Å². The standard InChI is InChI=1S/C30H29F2N5O2/c31-29(32)25-17-27(21-8-9-21)37(35-25)18-28(38)36-14-11-19(12-15-36)22-10-13-33-26(16-22)30(39)34-24-7-3-5-20-4-1-2-6-23(20)24/h1-7,10,13,16-17,19,21,29H,8-9,11-12,14-15,18H2,(H,34,39). The van der Waals surface area contributed by atoms with E-state index in [1.165, 1.54) is 10.7 Å². The van der Waals surface area contributed by atoms with Gasteiger partial charge < -0.3 is 10.2 Å². The number of pyridine rings is 1. The summed E-state index contributed by atoms with van der Waals surface area (Å²) in [6.07, 6.45) is 2.40. The SMILES string of the molecule is O=C(Nc1cccc2ccccc12)c1cc(C2CCN(C(=O)Cn3nc(C(F)F)cc3C3CC3)CC2)ccn1. The summed E-state index contributed by atoms with van der Waals surface area (Å²) in [4.78, 5) is 32.1. The zero-order chi connectivity index (χ0) is 26.9. The van der Waals surface area contributed by atoms with Gasteiger partial charge in [0.25, 0.3) is 12.3 Å². The lowest BCUT2D eigenvalue weighted by Crippen LogP contribution is -2.40. The van der Waals surface area contributed by atoms with E-state index in [2.05, 4.69) is 15.4 Å². The van der Waals surface area contributed by atoms with Gasteiger partial charge >= 0.3 is 0 Å². The Balaban J connectivity index is 1.09. The van der Waals surface area contributed by atoms with Crippen molar-refractivity contribution in [2.75, 3.05) is 18.4 Å². The van der Waals surface area contributed by atoms with Gasteiger partial charge in [0.1, 0.15) is 17.9 Å². The number of likely N-dealkylation sites (tertiary alicyclic amines) is 1. The van der Waals surface area contributed by atoms with Crippen LogP contribution in [0, 0.1) is 0 Å². The highest BCUT2D eigenvalue weighted by molar-refractivity contribution is 6.08. The highest BCUT2D eigenvalue weighted by Crippen LogP contribution is 2.41. The largest absolute Gasteiger partial charge is 0.341 e. The average Bonchev–Trinajstić information content (AvgIpc) is 3.72. The van der Waals surface area contributed by atoms with E-state index in [0.29, 0.717) is 18.8 Å². The molecule has 1 aliphatic carbocycles. The van der Waals surface area contributed by atoms with E-state index in [-0.39, 0.29) is 35.9 Å². The molecule has 0 bridgehead atoms. The van der Waals surface area contributed by atoms with Crippen molar-refractivity contribution >= 4 is 28.3 Å². The van der Waals surface area contributed by atoms with Crippen LogP contribution in [0.1, 0.15) is 71.4 Å². The second kappa shape index (κ2) is 10.6. The maximum absolute atomic E-state index is 13.2. The van der Waals surface area contributed by atoms with Crippen LogP contribution in [0.25, 0.3) is 10.8 Å². The zero-order valence-corrected chi connectivity index (χ0v) is 21.4. The number of fused-ring (bicyclic) bond motifs is 1. The van der Waals surface area contributed by atoms with E-state index < -0.39 is 6.43 Å². The Morgan fingerprint density at radius 2 is 1.72 bits per heavy atom. The van der Waals surface area contributed by atoms with Gasteiger partial charge in [-0.3, -0.25) is 19.3 Å². The average molecular weight is 530 g/mol. The van der Waals surface area contributed by atoms with Gasteiger partial charge in [0, 0.05) is 42.0 Å². The monoisotopic (exact) mass is 529 g/mol. The summed E-state index contributed by atoms with van der Waals surface area (Å²) in [6, 6.07) is 18.9. The smallest absolute Gasteiger partial charge is 0.282 e. The number of carbonyl (C=O) groups is 2. The molecule has 0 radical (unpaired) electrons. The Morgan fingerprint density at radius 3 is 2.49 bits per heavy atom. The van der Waals surface area contributed by atoms with Crippen molar-refractivity contribution < 1.29 is 18.4 Å². The van der Waals surface area contributed by atoms with Crippen LogP contribution in [0.15, 0.2) is 66.9 Å². The molecule has 1 saturated carbocycles. The maximum atomic E-state index is 13.2. The Morgan fingerprint density at radius 1 is 0.949 bits per heavy atom. The van der Waals surface area contributed by atoms with Crippen molar-refractivity contribution in [3.8, 4) is 0 Å². The molecule has 2 aromatic carbocycles. The van der Waals surface area contributed by atoms with Crippen molar-refractivity contribution in [1.29, 1.82) is 0 Å². The van der Waals surface area contributed by atoms with Crippen LogP contribution in [0.2, 0.25) is 0 Å². The lowest BCUT2D eigenvalue weighted by Gasteiger charge is -2.32. The molecule has 2 aromatic heterocycles. The highest BCUT2D eigenvalue weighted by Gasteiger charge is 2.31. The molecule has 1 aliphatic heterocycles. The number of aromatic nitrogens is 3. The summed E-state index contributed by atoms with van der Waals surface area (Å²) < 4.78 is 27.8. The molecular weight excluding hydrogens is 500 g/mol. The van der Waals surface area contributed by atoms with Crippen LogP contribution in [0.5, 0.6) is 0 Å². The zero-order valence-electron chi connectivity index (χ0n) is 21.4. The molecule has 0 spiro atoms. The third kappa shape index (κ3) is 5.39. The van der Waals surface area contributed by atoms with Crippen LogP contribution in [-0.4, -0.2) is 44.6 Å². The fourth-order valence-electron chi connectivity index (χ4n) is 5.43. The van der Waals surface area contributed by atoms with Gasteiger partial charge in [0.15, 0.2) is 0 Å². The second-order valence-electron chi connectivity index (χ2n) is 10.3. The number of hydrogen-bond donors (Lipinski definition) is 1. The van der Waals surface area contributed by atoms with Gasteiger partial charge in [-0.15, -0.1) is 0 Å². The van der Waals surface area contributed by atoms with Gasteiger partial charge in [0.05, 0.1) is 0 Å². The van der Waals surface area contributed by atoms with E-state index in [1.54, 1.807) is 11.1 Å². The lowest BCUT2D eigenvalue weighted by molar-refractivity contribution is -0.133. The number of carbonyl (C=O) groups excluding carboxylic acids is 2. The number of amides is 2. The van der Waals surface area contributed by atoms with Gasteiger partial charge in [-0.25, -0.2) is 8.78 Å². The van der Waals surface area contributed by atoms with Crippen LogP contribution in [-0.2, 0) is 11.3 Å². The molecule has 2 fully saturated rings. The maximum Gasteiger partial charge on any atom is 0.282 e. The van der Waals surface area contributed by atoms with E-state index in [0.717, 1.165) is 53.4 Å². The summed E-state index contributed by atoms with van der Waals surface area (Å²) in [6.45, 7) is 1.10. The summed E-state index contributed by atoms with van der Waals surface area (Å²) in [5, 5.41) is 9.02. The number of rotatable bonds is 7. The molecule has 9 heteroatoms. The normalized spacial score (nSPS) is 16.1. The first kappa shape index (κ1) is 25.2. The van der Waals surface area contributed by atoms with Crippen molar-refractivity contribution in [2.24, 2.45) is 0 Å². The first-order valence-corrected chi connectivity index (χ1v) is 13.3. The first-order valence-electron chi connectivity index (χ1n) is 13.3. The van der Waals surface area contributed by atoms with E-state index in [9.17, 15) is 18.4 Å². The molecule has 3 heterocycles. The molecule has 0 unspecified atom stereocenters. The predicted octanol–water partition coefficient (Wildman–Crippen LogP) is 5.90. The molecule has 4 aromatic rings. The quantitative estimate of drug-likeness (QED) is 0.323. The Kier molecular flexibility index (Phi) is 6.81.